The van der Waals surface area contributed by atoms with Gasteiger partial charge in [-0.1, -0.05) is 0 Å². The number of aromatic nitrogens is 2. The Morgan fingerprint density at radius 1 is 1.62 bits per heavy atom. The number of rotatable bonds is 4. The highest BCUT2D eigenvalue weighted by atomic mass is 16.5. The molecule has 1 aromatic heterocycles. The molecule has 0 aliphatic carbocycles. The summed E-state index contributed by atoms with van der Waals surface area (Å²) in [6, 6.07) is 0.327. The molecule has 0 aliphatic heterocycles. The molecule has 4 heteroatoms. The summed E-state index contributed by atoms with van der Waals surface area (Å²) in [4.78, 5) is 0. The first-order valence-electron chi connectivity index (χ1n) is 4.56. The van der Waals surface area contributed by atoms with Crippen LogP contribution in [-0.2, 0) is 11.3 Å². The van der Waals surface area contributed by atoms with Crippen LogP contribution in [0.1, 0.15) is 32.5 Å². The van der Waals surface area contributed by atoms with Crippen molar-refractivity contribution >= 4 is 5.69 Å². The zero-order chi connectivity index (χ0) is 9.84. The molecule has 0 spiro atoms. The van der Waals surface area contributed by atoms with E-state index >= 15 is 0 Å². The third-order valence-corrected chi connectivity index (χ3v) is 1.86. The minimum Gasteiger partial charge on any atom is -0.396 e. The van der Waals surface area contributed by atoms with E-state index in [1.54, 1.807) is 6.20 Å². The van der Waals surface area contributed by atoms with Crippen LogP contribution in [0.25, 0.3) is 0 Å². The number of ether oxygens (including phenoxy) is 1. The van der Waals surface area contributed by atoms with Crippen LogP contribution in [0.4, 0.5) is 5.69 Å². The number of anilines is 1. The van der Waals surface area contributed by atoms with E-state index in [1.165, 1.54) is 0 Å². The van der Waals surface area contributed by atoms with Gasteiger partial charge in [-0.3, -0.25) is 4.68 Å². The maximum Gasteiger partial charge on any atom is 0.0905 e. The molecule has 0 unspecified atom stereocenters. The van der Waals surface area contributed by atoms with Crippen molar-refractivity contribution in [2.24, 2.45) is 0 Å². The summed E-state index contributed by atoms with van der Waals surface area (Å²) in [5, 5.41) is 4.18. The smallest absolute Gasteiger partial charge is 0.0905 e. The molecule has 0 aliphatic rings. The van der Waals surface area contributed by atoms with E-state index in [-0.39, 0.29) is 0 Å². The molecule has 0 fully saturated rings. The predicted molar refractivity (Wildman–Crippen MR) is 52.4 cm³/mol. The summed E-state index contributed by atoms with van der Waals surface area (Å²) >= 11 is 0. The molecule has 1 heterocycles. The Morgan fingerprint density at radius 3 is 2.85 bits per heavy atom. The lowest BCUT2D eigenvalue weighted by atomic mass is 10.3. The van der Waals surface area contributed by atoms with Crippen molar-refractivity contribution in [2.75, 3.05) is 12.3 Å². The largest absolute Gasteiger partial charge is 0.396 e. The summed E-state index contributed by atoms with van der Waals surface area (Å²) < 4.78 is 7.20. The Morgan fingerprint density at radius 2 is 2.31 bits per heavy atom. The molecule has 4 nitrogen and oxygen atoms in total. The number of nitrogens with zero attached hydrogens (tertiary/aromatic N) is 2. The van der Waals surface area contributed by atoms with E-state index in [0.717, 1.165) is 5.69 Å². The van der Waals surface area contributed by atoms with Crippen molar-refractivity contribution in [2.45, 2.75) is 33.4 Å². The predicted octanol–water partition coefficient (Wildman–Crippen LogP) is 1.58. The van der Waals surface area contributed by atoms with Gasteiger partial charge < -0.3 is 10.5 Å². The highest BCUT2D eigenvalue weighted by molar-refractivity contribution is 5.40. The lowest BCUT2D eigenvalue weighted by Gasteiger charge is -2.11. The van der Waals surface area contributed by atoms with Gasteiger partial charge in [0.05, 0.1) is 24.2 Å². The Balaban J connectivity index is 2.82. The third-order valence-electron chi connectivity index (χ3n) is 1.86. The monoisotopic (exact) mass is 183 g/mol. The van der Waals surface area contributed by atoms with E-state index in [4.69, 9.17) is 10.5 Å². The number of nitrogen functional groups attached to an aromatic ring is 1. The molecule has 74 valence electrons. The van der Waals surface area contributed by atoms with Crippen LogP contribution in [0, 0.1) is 0 Å². The maximum absolute atomic E-state index is 5.76. The highest BCUT2D eigenvalue weighted by Crippen LogP contribution is 2.16. The average molecular weight is 183 g/mol. The molecule has 0 bridgehead atoms. The molecule has 0 radical (unpaired) electrons. The zero-order valence-electron chi connectivity index (χ0n) is 8.45. The topological polar surface area (TPSA) is 53.1 Å². The van der Waals surface area contributed by atoms with Gasteiger partial charge in [0, 0.05) is 12.6 Å². The second-order valence-corrected chi connectivity index (χ2v) is 3.22. The second kappa shape index (κ2) is 4.28. The van der Waals surface area contributed by atoms with Crippen LogP contribution in [0.15, 0.2) is 6.20 Å². The summed E-state index contributed by atoms with van der Waals surface area (Å²) in [7, 11) is 0. The Hall–Kier alpha value is -1.03. The summed E-state index contributed by atoms with van der Waals surface area (Å²) in [6.07, 6.45) is 1.67. The second-order valence-electron chi connectivity index (χ2n) is 3.22. The Kier molecular flexibility index (Phi) is 3.31. The molecule has 1 aromatic rings. The first-order valence-corrected chi connectivity index (χ1v) is 4.56. The minimum atomic E-state index is 0.327. The summed E-state index contributed by atoms with van der Waals surface area (Å²) in [5.74, 6) is 0. The summed E-state index contributed by atoms with van der Waals surface area (Å²) in [6.45, 7) is 7.35. The summed E-state index contributed by atoms with van der Waals surface area (Å²) in [5.41, 5.74) is 7.44. The molecule has 0 atom stereocenters. The SMILES string of the molecule is CCOCc1c(N)cnn1C(C)C. The quantitative estimate of drug-likeness (QED) is 0.771. The van der Waals surface area contributed by atoms with E-state index < -0.39 is 0 Å². The number of nitrogens with two attached hydrogens (primary N) is 1. The van der Waals surface area contributed by atoms with Crippen LogP contribution in [0.3, 0.4) is 0 Å². The van der Waals surface area contributed by atoms with E-state index in [0.29, 0.717) is 24.9 Å². The molecular formula is C9H17N3O. The van der Waals surface area contributed by atoms with Gasteiger partial charge in [0.15, 0.2) is 0 Å². The van der Waals surface area contributed by atoms with E-state index in [2.05, 4.69) is 18.9 Å². The van der Waals surface area contributed by atoms with Gasteiger partial charge in [0.1, 0.15) is 0 Å². The van der Waals surface area contributed by atoms with Gasteiger partial charge in [-0.2, -0.15) is 5.10 Å². The Labute approximate surface area is 78.7 Å². The van der Waals surface area contributed by atoms with Gasteiger partial charge in [0.25, 0.3) is 0 Å². The molecule has 0 amide bonds. The third kappa shape index (κ3) is 2.21. The van der Waals surface area contributed by atoms with Crippen LogP contribution in [-0.4, -0.2) is 16.4 Å². The van der Waals surface area contributed by atoms with Gasteiger partial charge in [-0.05, 0) is 20.8 Å². The standard InChI is InChI=1S/C9H17N3O/c1-4-13-6-9-8(10)5-11-12(9)7(2)3/h5,7H,4,6,10H2,1-3H3. The van der Waals surface area contributed by atoms with Gasteiger partial charge >= 0.3 is 0 Å². The molecule has 0 saturated carbocycles. The van der Waals surface area contributed by atoms with Crippen LogP contribution < -0.4 is 5.73 Å². The lowest BCUT2D eigenvalue weighted by Crippen LogP contribution is -2.09. The van der Waals surface area contributed by atoms with Gasteiger partial charge in [-0.25, -0.2) is 0 Å². The van der Waals surface area contributed by atoms with Crippen molar-refractivity contribution in [3.63, 3.8) is 0 Å². The van der Waals surface area contributed by atoms with Gasteiger partial charge in [0.2, 0.25) is 0 Å². The zero-order valence-corrected chi connectivity index (χ0v) is 8.45. The van der Waals surface area contributed by atoms with E-state index in [1.807, 2.05) is 11.6 Å². The normalized spacial score (nSPS) is 11.1. The first kappa shape index (κ1) is 10.1. The van der Waals surface area contributed by atoms with Crippen molar-refractivity contribution in [3.8, 4) is 0 Å². The van der Waals surface area contributed by atoms with Crippen molar-refractivity contribution in [3.05, 3.63) is 11.9 Å². The Bertz CT molecular complexity index is 268. The number of hydrogen-bond donors (Lipinski definition) is 1. The van der Waals surface area contributed by atoms with Crippen LogP contribution in [0.5, 0.6) is 0 Å². The average Bonchev–Trinajstić information content (AvgIpc) is 2.43. The van der Waals surface area contributed by atoms with Crippen molar-refractivity contribution in [1.82, 2.24) is 9.78 Å². The maximum atomic E-state index is 5.76. The molecular weight excluding hydrogens is 166 g/mol. The van der Waals surface area contributed by atoms with Gasteiger partial charge in [-0.15, -0.1) is 0 Å². The van der Waals surface area contributed by atoms with Crippen LogP contribution in [0.2, 0.25) is 0 Å². The fraction of sp³-hybridized carbons (Fsp3) is 0.667. The van der Waals surface area contributed by atoms with E-state index in [9.17, 15) is 0 Å². The van der Waals surface area contributed by atoms with Crippen LogP contribution >= 0.6 is 0 Å². The molecule has 0 aromatic carbocycles. The molecule has 13 heavy (non-hydrogen) atoms. The molecule has 0 saturated heterocycles. The molecule has 1 rings (SSSR count). The van der Waals surface area contributed by atoms with Crippen molar-refractivity contribution in [1.29, 1.82) is 0 Å². The molecule has 2 N–H and O–H groups in total. The minimum absolute atomic E-state index is 0.327. The fourth-order valence-corrected chi connectivity index (χ4v) is 1.19. The lowest BCUT2D eigenvalue weighted by molar-refractivity contribution is 0.127. The number of hydrogen-bond acceptors (Lipinski definition) is 3. The highest BCUT2D eigenvalue weighted by Gasteiger charge is 2.09. The fourth-order valence-electron chi connectivity index (χ4n) is 1.19. The first-order chi connectivity index (χ1) is 6.16. The van der Waals surface area contributed by atoms with Crippen molar-refractivity contribution < 1.29 is 4.74 Å².